The molecule has 0 radical (unpaired) electrons. The highest BCUT2D eigenvalue weighted by Gasteiger charge is 2.41. The summed E-state index contributed by atoms with van der Waals surface area (Å²) in [7, 11) is 0. The third kappa shape index (κ3) is 5.84. The highest BCUT2D eigenvalue weighted by atomic mass is 15.2. The summed E-state index contributed by atoms with van der Waals surface area (Å²) in [4.78, 5) is 2.46. The molecule has 1 aromatic heterocycles. The van der Waals surface area contributed by atoms with Crippen LogP contribution in [0.5, 0.6) is 0 Å². The van der Waals surface area contributed by atoms with Crippen molar-refractivity contribution in [3.05, 3.63) is 209 Å². The van der Waals surface area contributed by atoms with Crippen molar-refractivity contribution in [2.75, 3.05) is 4.90 Å². The van der Waals surface area contributed by atoms with Gasteiger partial charge in [0, 0.05) is 33.0 Å². The van der Waals surface area contributed by atoms with Gasteiger partial charge < -0.3 is 9.47 Å². The Morgan fingerprint density at radius 3 is 1.79 bits per heavy atom. The number of rotatable bonds is 5. The minimum absolute atomic E-state index is 0.133. The van der Waals surface area contributed by atoms with E-state index >= 15 is 0 Å². The van der Waals surface area contributed by atoms with Gasteiger partial charge in [0.15, 0.2) is 0 Å². The van der Waals surface area contributed by atoms with Crippen molar-refractivity contribution in [2.24, 2.45) is 0 Å². The van der Waals surface area contributed by atoms with Gasteiger partial charge in [0.2, 0.25) is 0 Å². The number of benzene rings is 8. The minimum atomic E-state index is -0.133. The summed E-state index contributed by atoms with van der Waals surface area (Å²) < 4.78 is 2.36. The van der Waals surface area contributed by atoms with E-state index in [1.807, 2.05) is 72.8 Å². The Morgan fingerprint density at radius 1 is 0.530 bits per heavy atom. The van der Waals surface area contributed by atoms with Gasteiger partial charge in [-0.05, 0) is 130 Å². The van der Waals surface area contributed by atoms with E-state index in [-0.39, 0.29) is 6.04 Å². The van der Waals surface area contributed by atoms with Gasteiger partial charge in [-0.2, -0.15) is 21.0 Å². The normalized spacial score (nSPS) is 14.5. The van der Waals surface area contributed by atoms with Crippen LogP contribution in [0.2, 0.25) is 0 Å². The molecule has 6 heteroatoms. The lowest BCUT2D eigenvalue weighted by Gasteiger charge is -2.35. The van der Waals surface area contributed by atoms with Crippen molar-refractivity contribution in [3.63, 3.8) is 0 Å². The van der Waals surface area contributed by atoms with Crippen LogP contribution in [0.4, 0.5) is 11.4 Å². The Bertz CT molecular complexity index is 3820. The van der Waals surface area contributed by atoms with E-state index in [2.05, 4.69) is 137 Å². The molecule has 12 rings (SSSR count). The molecule has 0 saturated carbocycles. The molecule has 1 aliphatic heterocycles. The number of aryl methyl sites for hydroxylation is 1. The van der Waals surface area contributed by atoms with Crippen molar-refractivity contribution in [1.29, 1.82) is 21.0 Å². The maximum absolute atomic E-state index is 12.0. The Balaban J connectivity index is 1.35. The highest BCUT2D eigenvalue weighted by molar-refractivity contribution is 6.15. The number of nitriles is 4. The van der Waals surface area contributed by atoms with E-state index in [1.54, 1.807) is 0 Å². The molecule has 0 fully saturated rings. The van der Waals surface area contributed by atoms with Crippen LogP contribution < -0.4 is 4.90 Å². The Labute approximate surface area is 382 Å². The molecule has 66 heavy (non-hydrogen) atoms. The van der Waals surface area contributed by atoms with Crippen LogP contribution in [0.3, 0.4) is 0 Å². The second-order valence-electron chi connectivity index (χ2n) is 17.1. The van der Waals surface area contributed by atoms with Gasteiger partial charge in [-0.3, -0.25) is 0 Å². The van der Waals surface area contributed by atoms with Crippen molar-refractivity contribution in [2.45, 2.75) is 25.3 Å². The van der Waals surface area contributed by atoms with Gasteiger partial charge >= 0.3 is 0 Å². The molecular weight excluding hydrogens is 805 g/mol. The lowest BCUT2D eigenvalue weighted by Crippen LogP contribution is -2.29. The van der Waals surface area contributed by atoms with Crippen molar-refractivity contribution in [3.8, 4) is 63.3 Å². The zero-order chi connectivity index (χ0) is 44.5. The molecule has 0 N–H and O–H groups in total. The lowest BCUT2D eigenvalue weighted by molar-refractivity contribution is 0.830. The van der Waals surface area contributed by atoms with Crippen LogP contribution in [-0.4, -0.2) is 10.6 Å². The maximum Gasteiger partial charge on any atom is 0.101 e. The number of hydrogen-bond acceptors (Lipinski definition) is 5. The van der Waals surface area contributed by atoms with Crippen LogP contribution in [-0.2, 0) is 6.42 Å². The first kappa shape index (κ1) is 38.5. The van der Waals surface area contributed by atoms with Crippen molar-refractivity contribution < 1.29 is 0 Å². The molecule has 3 aliphatic rings. The number of aromatic nitrogens is 1. The predicted octanol–water partition coefficient (Wildman–Crippen LogP) is 14.2. The zero-order valence-electron chi connectivity index (χ0n) is 35.6. The number of nitrogens with zero attached hydrogens (tertiary/aromatic N) is 6. The third-order valence-corrected chi connectivity index (χ3v) is 13.6. The molecule has 1 unspecified atom stereocenters. The summed E-state index contributed by atoms with van der Waals surface area (Å²) in [5, 5.41) is 46.7. The standard InChI is InChI=1S/C60H36N6/c61-33-37-17-23-40(24-18-37)56-51(36-64)57(41-25-19-38(34-62)20-26-41)60(66-53-16-8-6-14-48(53)50-30-44-10-2-4-12-46(44)32-55(50)66)58(42-27-21-39(35-63)22-28-42)59(56)65-52-15-7-5-13-47(52)49-29-43-9-1-3-11-45(43)31-54(49)65/h1,3-9,11-14,16-32,52H,2,10,15H2. The number of fused-ring (bicyclic) bond motifs is 8. The molecule has 0 amide bonds. The number of para-hydroxylation sites is 1. The minimum Gasteiger partial charge on any atom is -0.332 e. The van der Waals surface area contributed by atoms with Crippen LogP contribution >= 0.6 is 0 Å². The quantitative estimate of drug-likeness (QED) is 0.172. The molecule has 2 aliphatic carbocycles. The fraction of sp³-hybridized carbons (Fsp3) is 0.0667. The molecule has 1 atom stereocenters. The lowest BCUT2D eigenvalue weighted by atomic mass is 9.82. The van der Waals surface area contributed by atoms with E-state index in [0.29, 0.717) is 27.8 Å². The van der Waals surface area contributed by atoms with Gasteiger partial charge in [-0.25, -0.2) is 0 Å². The first-order valence-electron chi connectivity index (χ1n) is 22.1. The van der Waals surface area contributed by atoms with Crippen LogP contribution in [0.1, 0.15) is 51.8 Å². The molecule has 0 saturated heterocycles. The second-order valence-corrected chi connectivity index (χ2v) is 17.1. The van der Waals surface area contributed by atoms with Gasteiger partial charge in [0.05, 0.1) is 74.6 Å². The first-order valence-corrected chi connectivity index (χ1v) is 22.1. The number of allylic oxidation sites excluding steroid dienone is 3. The topological polar surface area (TPSA) is 103 Å². The van der Waals surface area contributed by atoms with Gasteiger partial charge in [0.1, 0.15) is 6.07 Å². The average Bonchev–Trinajstić information content (AvgIpc) is 3.87. The van der Waals surface area contributed by atoms with E-state index in [0.717, 1.165) is 108 Å². The maximum atomic E-state index is 12.0. The molecule has 0 spiro atoms. The predicted molar refractivity (Wildman–Crippen MR) is 265 cm³/mol. The zero-order valence-corrected chi connectivity index (χ0v) is 35.6. The smallest absolute Gasteiger partial charge is 0.101 e. The first-order chi connectivity index (χ1) is 32.6. The van der Waals surface area contributed by atoms with Crippen LogP contribution in [0.15, 0.2) is 170 Å². The van der Waals surface area contributed by atoms with Crippen LogP contribution in [0.25, 0.3) is 83.3 Å². The summed E-state index contributed by atoms with van der Waals surface area (Å²) in [6.07, 6.45) is 13.7. The SMILES string of the molecule is N#Cc1ccc(-c2c(C#N)c(-c3ccc(C#N)cc3)c(-n3c4ccccc4c4cc5c(cc43)C=CCC5)c(-c3ccc(C#N)cc3)c2N2c3cc4ccccc4cc3C3=CC=CCC32)cc1. The van der Waals surface area contributed by atoms with E-state index in [4.69, 9.17) is 0 Å². The van der Waals surface area contributed by atoms with Gasteiger partial charge in [-0.15, -0.1) is 0 Å². The van der Waals surface area contributed by atoms with Gasteiger partial charge in [0.25, 0.3) is 0 Å². The molecular formula is C60H36N6. The fourth-order valence-corrected chi connectivity index (χ4v) is 10.6. The number of anilines is 2. The monoisotopic (exact) mass is 840 g/mol. The summed E-state index contributed by atoms with van der Waals surface area (Å²) in [5.74, 6) is 0. The largest absolute Gasteiger partial charge is 0.332 e. The summed E-state index contributed by atoms with van der Waals surface area (Å²) >= 11 is 0. The van der Waals surface area contributed by atoms with Gasteiger partial charge in [-0.1, -0.05) is 109 Å². The third-order valence-electron chi connectivity index (χ3n) is 13.6. The summed E-state index contributed by atoms with van der Waals surface area (Å²) in [5.41, 5.74) is 16.2. The second kappa shape index (κ2) is 15.3. The molecule has 306 valence electrons. The van der Waals surface area contributed by atoms with Crippen molar-refractivity contribution in [1.82, 2.24) is 4.57 Å². The Hall–Kier alpha value is -9.20. The highest BCUT2D eigenvalue weighted by Crippen LogP contribution is 2.58. The molecule has 2 heterocycles. The van der Waals surface area contributed by atoms with E-state index < -0.39 is 0 Å². The number of hydrogen-bond donors (Lipinski definition) is 0. The van der Waals surface area contributed by atoms with E-state index in [1.165, 1.54) is 11.1 Å². The molecule has 9 aromatic rings. The average molecular weight is 841 g/mol. The Kier molecular flexibility index (Phi) is 8.89. The summed E-state index contributed by atoms with van der Waals surface area (Å²) in [6.45, 7) is 0. The van der Waals surface area contributed by atoms with E-state index in [9.17, 15) is 21.0 Å². The molecule has 6 nitrogen and oxygen atoms in total. The van der Waals surface area contributed by atoms with Crippen molar-refractivity contribution >= 4 is 55.6 Å². The summed E-state index contributed by atoms with van der Waals surface area (Å²) in [6, 6.07) is 58.7. The fourth-order valence-electron chi connectivity index (χ4n) is 10.6. The Morgan fingerprint density at radius 2 is 1.14 bits per heavy atom. The van der Waals surface area contributed by atoms with Crippen LogP contribution in [0, 0.1) is 45.3 Å². The molecule has 8 aromatic carbocycles. The molecule has 0 bridgehead atoms.